The number of nitrogens with one attached hydrogen (secondary N) is 2. The molecular formula is C24H25N5O3S. The van der Waals surface area contributed by atoms with Crippen molar-refractivity contribution in [2.24, 2.45) is 0 Å². The van der Waals surface area contributed by atoms with Crippen LogP contribution in [0.2, 0.25) is 0 Å². The molecule has 9 heteroatoms. The average molecular weight is 464 g/mol. The van der Waals surface area contributed by atoms with Gasteiger partial charge < -0.3 is 15.0 Å². The molecule has 0 atom stereocenters. The Morgan fingerprint density at radius 2 is 1.94 bits per heavy atom. The van der Waals surface area contributed by atoms with Gasteiger partial charge in [0.25, 0.3) is 0 Å². The molecule has 3 heterocycles. The second-order valence-electron chi connectivity index (χ2n) is 8.14. The van der Waals surface area contributed by atoms with E-state index in [4.69, 9.17) is 4.74 Å². The van der Waals surface area contributed by atoms with Crippen molar-refractivity contribution in [1.82, 2.24) is 19.4 Å². The fourth-order valence-corrected chi connectivity index (χ4v) is 5.10. The molecule has 170 valence electrons. The zero-order valence-corrected chi connectivity index (χ0v) is 19.1. The van der Waals surface area contributed by atoms with Crippen molar-refractivity contribution in [3.63, 3.8) is 0 Å². The lowest BCUT2D eigenvalue weighted by molar-refractivity contribution is -0.117. The van der Waals surface area contributed by atoms with E-state index in [1.807, 2.05) is 58.5 Å². The highest BCUT2D eigenvalue weighted by Crippen LogP contribution is 2.27. The average Bonchev–Trinajstić information content (AvgIpc) is 3.43. The van der Waals surface area contributed by atoms with E-state index in [2.05, 4.69) is 20.2 Å². The minimum Gasteiger partial charge on any atom is -0.497 e. The zero-order chi connectivity index (χ0) is 22.8. The van der Waals surface area contributed by atoms with Crippen LogP contribution in [0.1, 0.15) is 18.9 Å². The van der Waals surface area contributed by atoms with Crippen molar-refractivity contribution in [2.75, 3.05) is 32.1 Å². The molecule has 1 aliphatic heterocycles. The maximum Gasteiger partial charge on any atom is 0.326 e. The predicted octanol–water partition coefficient (Wildman–Crippen LogP) is 3.74. The summed E-state index contributed by atoms with van der Waals surface area (Å²) in [5.41, 5.74) is 3.53. The van der Waals surface area contributed by atoms with E-state index in [0.29, 0.717) is 11.7 Å². The van der Waals surface area contributed by atoms with Crippen molar-refractivity contribution >= 4 is 33.4 Å². The molecule has 4 aromatic rings. The fraction of sp³-hybridized carbons (Fsp3) is 0.292. The number of amides is 1. The number of para-hydroxylation sites is 2. The van der Waals surface area contributed by atoms with Crippen LogP contribution in [-0.4, -0.2) is 52.1 Å². The number of nitrogens with zero attached hydrogens (tertiary/aromatic N) is 3. The number of carbonyl (C=O) groups excluding carboxylic acids is 1. The van der Waals surface area contributed by atoms with Crippen LogP contribution in [0, 0.1) is 0 Å². The maximum absolute atomic E-state index is 12.6. The van der Waals surface area contributed by atoms with Gasteiger partial charge in [-0.05, 0) is 49.2 Å². The first-order chi connectivity index (χ1) is 16.1. The Hall–Kier alpha value is -3.43. The number of anilines is 1. The molecule has 0 unspecified atom stereocenters. The normalized spacial score (nSPS) is 15.1. The Labute approximate surface area is 194 Å². The van der Waals surface area contributed by atoms with Gasteiger partial charge in [-0.15, -0.1) is 11.3 Å². The zero-order valence-electron chi connectivity index (χ0n) is 18.3. The number of imidazole rings is 1. The second kappa shape index (κ2) is 9.21. The lowest BCUT2D eigenvalue weighted by atomic mass is 10.0. The molecule has 0 spiro atoms. The Kier molecular flexibility index (Phi) is 5.97. The van der Waals surface area contributed by atoms with Gasteiger partial charge in [0.15, 0.2) is 5.13 Å². The summed E-state index contributed by atoms with van der Waals surface area (Å²) >= 11 is 1.41. The number of methoxy groups -OCH3 is 1. The van der Waals surface area contributed by atoms with Crippen LogP contribution < -0.4 is 15.7 Å². The summed E-state index contributed by atoms with van der Waals surface area (Å²) in [4.78, 5) is 34.6. The molecule has 2 aromatic heterocycles. The van der Waals surface area contributed by atoms with Crippen molar-refractivity contribution in [2.45, 2.75) is 18.9 Å². The number of likely N-dealkylation sites (tertiary alicyclic amines) is 1. The standard InChI is InChI=1S/C24H25N5O3S/c1-32-18-8-6-16(7-9-18)20-15-33-23(25-20)27-22(30)14-28-12-10-17(11-13-28)29-21-5-3-2-4-19(21)26-24(29)31/h2-9,15,17H,10-14H2,1H3,(H,26,31)(H,25,27,30). The Morgan fingerprint density at radius 3 is 2.70 bits per heavy atom. The monoisotopic (exact) mass is 463 g/mol. The molecule has 1 aliphatic rings. The van der Waals surface area contributed by atoms with Gasteiger partial charge in [0.05, 0.1) is 30.4 Å². The molecule has 8 nitrogen and oxygen atoms in total. The lowest BCUT2D eigenvalue weighted by Gasteiger charge is -2.31. The van der Waals surface area contributed by atoms with Crippen LogP contribution in [0.25, 0.3) is 22.3 Å². The number of piperidine rings is 1. The van der Waals surface area contributed by atoms with E-state index in [1.165, 1.54) is 11.3 Å². The number of thiazole rings is 1. The van der Waals surface area contributed by atoms with Crippen LogP contribution >= 0.6 is 11.3 Å². The number of ether oxygens (including phenoxy) is 1. The minimum atomic E-state index is -0.0756. The third-order valence-corrected chi connectivity index (χ3v) is 6.81. The lowest BCUT2D eigenvalue weighted by Crippen LogP contribution is -2.40. The summed E-state index contributed by atoms with van der Waals surface area (Å²) < 4.78 is 7.05. The molecule has 33 heavy (non-hydrogen) atoms. The molecule has 1 saturated heterocycles. The van der Waals surface area contributed by atoms with E-state index in [1.54, 1.807) is 7.11 Å². The maximum atomic E-state index is 12.6. The number of benzene rings is 2. The molecule has 0 aliphatic carbocycles. The SMILES string of the molecule is COc1ccc(-c2csc(NC(=O)CN3CCC(n4c(=O)[nH]c5ccccc54)CC3)n2)cc1. The molecule has 2 aromatic carbocycles. The van der Waals surface area contributed by atoms with Crippen molar-refractivity contribution < 1.29 is 9.53 Å². The van der Waals surface area contributed by atoms with Gasteiger partial charge in [-0.2, -0.15) is 0 Å². The number of H-pyrrole nitrogens is 1. The highest BCUT2D eigenvalue weighted by atomic mass is 32.1. The predicted molar refractivity (Wildman–Crippen MR) is 130 cm³/mol. The Bertz CT molecular complexity index is 1320. The van der Waals surface area contributed by atoms with Gasteiger partial charge in [-0.3, -0.25) is 14.3 Å². The molecular weight excluding hydrogens is 438 g/mol. The van der Waals surface area contributed by atoms with Crippen molar-refractivity contribution in [3.05, 3.63) is 64.4 Å². The van der Waals surface area contributed by atoms with Crippen LogP contribution in [0.5, 0.6) is 5.75 Å². The fourth-order valence-electron chi connectivity index (χ4n) is 4.36. The molecule has 0 radical (unpaired) electrons. The van der Waals surface area contributed by atoms with E-state index in [9.17, 15) is 9.59 Å². The number of hydrogen-bond acceptors (Lipinski definition) is 6. The van der Waals surface area contributed by atoms with E-state index < -0.39 is 0 Å². The molecule has 5 rings (SSSR count). The number of aromatic amines is 1. The molecule has 0 saturated carbocycles. The number of aromatic nitrogens is 3. The Balaban J connectivity index is 1.16. The van der Waals surface area contributed by atoms with Crippen molar-refractivity contribution in [1.29, 1.82) is 0 Å². The summed E-state index contributed by atoms with van der Waals surface area (Å²) in [6.45, 7) is 1.84. The summed E-state index contributed by atoms with van der Waals surface area (Å²) in [6.07, 6.45) is 1.65. The first-order valence-corrected chi connectivity index (χ1v) is 11.8. The number of fused-ring (bicyclic) bond motifs is 1. The summed E-state index contributed by atoms with van der Waals surface area (Å²) in [6, 6.07) is 15.6. The van der Waals surface area contributed by atoms with Gasteiger partial charge in [-0.1, -0.05) is 12.1 Å². The number of rotatable bonds is 6. The summed E-state index contributed by atoms with van der Waals surface area (Å²) in [5.74, 6) is 0.717. The van der Waals surface area contributed by atoms with Gasteiger partial charge in [0.2, 0.25) is 5.91 Å². The molecule has 0 bridgehead atoms. The van der Waals surface area contributed by atoms with Crippen molar-refractivity contribution in [3.8, 4) is 17.0 Å². The third-order valence-electron chi connectivity index (χ3n) is 6.05. The van der Waals surface area contributed by atoms with E-state index >= 15 is 0 Å². The third kappa shape index (κ3) is 4.55. The van der Waals surface area contributed by atoms with Gasteiger partial charge in [-0.25, -0.2) is 9.78 Å². The summed E-state index contributed by atoms with van der Waals surface area (Å²) in [7, 11) is 1.64. The van der Waals surface area contributed by atoms with E-state index in [-0.39, 0.29) is 17.6 Å². The van der Waals surface area contributed by atoms with Gasteiger partial charge in [0.1, 0.15) is 5.75 Å². The minimum absolute atomic E-state index is 0.0659. The molecule has 1 fully saturated rings. The highest BCUT2D eigenvalue weighted by molar-refractivity contribution is 7.14. The first kappa shape index (κ1) is 21.4. The molecule has 2 N–H and O–H groups in total. The number of carbonyl (C=O) groups is 1. The second-order valence-corrected chi connectivity index (χ2v) is 9.00. The topological polar surface area (TPSA) is 92.2 Å². The van der Waals surface area contributed by atoms with E-state index in [0.717, 1.165) is 54.0 Å². The quantitative estimate of drug-likeness (QED) is 0.455. The first-order valence-electron chi connectivity index (χ1n) is 10.9. The Morgan fingerprint density at radius 1 is 1.18 bits per heavy atom. The van der Waals surface area contributed by atoms with Crippen LogP contribution in [-0.2, 0) is 4.79 Å². The van der Waals surface area contributed by atoms with Gasteiger partial charge >= 0.3 is 5.69 Å². The largest absolute Gasteiger partial charge is 0.497 e. The number of hydrogen-bond donors (Lipinski definition) is 2. The smallest absolute Gasteiger partial charge is 0.326 e. The highest BCUT2D eigenvalue weighted by Gasteiger charge is 2.24. The van der Waals surface area contributed by atoms with Gasteiger partial charge in [0, 0.05) is 30.1 Å². The van der Waals surface area contributed by atoms with Crippen LogP contribution in [0.4, 0.5) is 5.13 Å². The molecule has 1 amide bonds. The summed E-state index contributed by atoms with van der Waals surface area (Å²) in [5, 5.41) is 5.44. The van der Waals surface area contributed by atoms with Crippen LogP contribution in [0.15, 0.2) is 58.7 Å². The van der Waals surface area contributed by atoms with Crippen LogP contribution in [0.3, 0.4) is 0 Å².